The lowest BCUT2D eigenvalue weighted by Gasteiger charge is -2.32. The van der Waals surface area contributed by atoms with Gasteiger partial charge >= 0.3 is 5.97 Å². The Morgan fingerprint density at radius 3 is 2.70 bits per heavy atom. The molecule has 8 heteroatoms. The summed E-state index contributed by atoms with van der Waals surface area (Å²) in [6.45, 7) is 3.50. The summed E-state index contributed by atoms with van der Waals surface area (Å²) in [6.07, 6.45) is 1.47. The maximum absolute atomic E-state index is 12.5. The van der Waals surface area contributed by atoms with Gasteiger partial charge in [-0.3, -0.25) is 4.79 Å². The van der Waals surface area contributed by atoms with Crippen LogP contribution in [0.2, 0.25) is 0 Å². The van der Waals surface area contributed by atoms with E-state index in [2.05, 4.69) is 4.40 Å². The predicted octanol–water partition coefficient (Wildman–Crippen LogP) is 2.78. The summed E-state index contributed by atoms with van der Waals surface area (Å²) in [5, 5.41) is 0. The smallest absolute Gasteiger partial charge is 0.310 e. The van der Waals surface area contributed by atoms with Crippen molar-refractivity contribution in [1.82, 2.24) is 4.90 Å². The first-order valence-electron chi connectivity index (χ1n) is 9.99. The van der Waals surface area contributed by atoms with Crippen molar-refractivity contribution >= 4 is 21.8 Å². The molecule has 1 fully saturated rings. The van der Waals surface area contributed by atoms with Crippen LogP contribution in [0.1, 0.15) is 24.0 Å². The molecule has 2 heterocycles. The number of benzene rings is 2. The van der Waals surface area contributed by atoms with Gasteiger partial charge in [0.05, 0.1) is 5.92 Å². The minimum Gasteiger partial charge on any atom is -0.490 e. The number of carbonyl (C=O) groups excluding carboxylic acids is 1. The van der Waals surface area contributed by atoms with Crippen LogP contribution in [0, 0.1) is 12.8 Å². The third-order valence-electron chi connectivity index (χ3n) is 5.28. The molecule has 2 aliphatic heterocycles. The number of piperidine rings is 1. The molecule has 2 aromatic carbocycles. The molecule has 30 heavy (non-hydrogen) atoms. The zero-order valence-corrected chi connectivity index (χ0v) is 17.6. The number of hydrogen-bond acceptors (Lipinski definition) is 6. The second kappa shape index (κ2) is 8.47. The third kappa shape index (κ3) is 4.33. The molecule has 0 amide bonds. The lowest BCUT2D eigenvalue weighted by Crippen LogP contribution is -2.43. The van der Waals surface area contributed by atoms with Crippen molar-refractivity contribution in [2.75, 3.05) is 26.3 Å². The Kier molecular flexibility index (Phi) is 5.76. The summed E-state index contributed by atoms with van der Waals surface area (Å²) in [6, 6.07) is 14.5. The molecule has 0 spiro atoms. The highest BCUT2D eigenvalue weighted by Gasteiger charge is 2.35. The van der Waals surface area contributed by atoms with Crippen molar-refractivity contribution in [3.63, 3.8) is 0 Å². The van der Waals surface area contributed by atoms with Crippen LogP contribution >= 0.6 is 0 Å². The predicted molar refractivity (Wildman–Crippen MR) is 112 cm³/mol. The van der Waals surface area contributed by atoms with Gasteiger partial charge in [-0.1, -0.05) is 29.8 Å². The second-order valence-electron chi connectivity index (χ2n) is 7.50. The molecular weight excluding hydrogens is 404 g/mol. The van der Waals surface area contributed by atoms with E-state index in [1.807, 2.05) is 36.1 Å². The van der Waals surface area contributed by atoms with Crippen molar-refractivity contribution in [3.05, 3.63) is 59.7 Å². The van der Waals surface area contributed by atoms with Crippen molar-refractivity contribution in [2.24, 2.45) is 10.3 Å². The average molecular weight is 429 g/mol. The number of likely N-dealkylation sites (tertiary alicyclic amines) is 1. The van der Waals surface area contributed by atoms with Crippen LogP contribution in [0.4, 0.5) is 0 Å². The molecule has 1 saturated heterocycles. The Hall–Kier alpha value is -2.87. The number of hydrogen-bond donors (Lipinski definition) is 0. The van der Waals surface area contributed by atoms with E-state index in [0.29, 0.717) is 30.9 Å². The fourth-order valence-electron chi connectivity index (χ4n) is 3.73. The number of sulfonamides is 1. The van der Waals surface area contributed by atoms with E-state index in [1.165, 1.54) is 0 Å². The zero-order valence-electron chi connectivity index (χ0n) is 16.8. The minimum atomic E-state index is -3.67. The number of carbonyl (C=O) groups is 1. The van der Waals surface area contributed by atoms with Crippen LogP contribution < -0.4 is 4.74 Å². The number of ether oxygens (including phenoxy) is 2. The van der Waals surface area contributed by atoms with E-state index in [1.54, 1.807) is 24.3 Å². The summed E-state index contributed by atoms with van der Waals surface area (Å²) in [5.74, 6) is 0.545. The molecule has 2 aliphatic rings. The topological polar surface area (TPSA) is 85.3 Å². The summed E-state index contributed by atoms with van der Waals surface area (Å²) < 4.78 is 39.6. The van der Waals surface area contributed by atoms with E-state index in [9.17, 15) is 13.2 Å². The van der Waals surface area contributed by atoms with Crippen LogP contribution in [0.15, 0.2) is 57.8 Å². The molecule has 158 valence electrons. The van der Waals surface area contributed by atoms with Gasteiger partial charge in [-0.25, -0.2) is 0 Å². The van der Waals surface area contributed by atoms with Gasteiger partial charge < -0.3 is 14.4 Å². The number of aryl methyl sites for hydroxylation is 1. The van der Waals surface area contributed by atoms with E-state index in [4.69, 9.17) is 9.47 Å². The quantitative estimate of drug-likeness (QED) is 0.538. The standard InChI is InChI=1S/C22H24N2O5S/c1-16-8-10-18(11-9-16)28-13-14-29-22(25)17-5-4-12-24(15-17)21-19-6-2-3-7-20(19)30(26,27)23-21/h2-3,6-11,17H,4-5,12-15H2,1H3. The highest BCUT2D eigenvalue weighted by molar-refractivity contribution is 7.90. The van der Waals surface area contributed by atoms with Gasteiger partial charge in [0.2, 0.25) is 0 Å². The molecule has 7 nitrogen and oxygen atoms in total. The monoisotopic (exact) mass is 428 g/mol. The van der Waals surface area contributed by atoms with Gasteiger partial charge in [-0.05, 0) is 44.0 Å². The molecule has 4 rings (SSSR count). The molecule has 0 aliphatic carbocycles. The highest BCUT2D eigenvalue weighted by Crippen LogP contribution is 2.30. The molecule has 1 unspecified atom stereocenters. The summed E-state index contributed by atoms with van der Waals surface area (Å²) in [5.41, 5.74) is 1.75. The van der Waals surface area contributed by atoms with Crippen molar-refractivity contribution in [2.45, 2.75) is 24.7 Å². The van der Waals surface area contributed by atoms with Gasteiger partial charge in [0.1, 0.15) is 23.9 Å². The first-order chi connectivity index (χ1) is 14.4. The normalized spacial score (nSPS) is 19.7. The van der Waals surface area contributed by atoms with Gasteiger partial charge in [-0.2, -0.15) is 8.42 Å². The van der Waals surface area contributed by atoms with Crippen molar-refractivity contribution in [3.8, 4) is 5.75 Å². The van der Waals surface area contributed by atoms with E-state index < -0.39 is 10.0 Å². The lowest BCUT2D eigenvalue weighted by molar-refractivity contribution is -0.150. The first kappa shape index (κ1) is 20.4. The molecule has 2 aromatic rings. The second-order valence-corrected chi connectivity index (χ2v) is 9.07. The van der Waals surface area contributed by atoms with E-state index in [0.717, 1.165) is 17.7 Å². The van der Waals surface area contributed by atoms with Gasteiger partial charge in [0.25, 0.3) is 10.0 Å². The maximum Gasteiger partial charge on any atom is 0.310 e. The fraction of sp³-hybridized carbons (Fsp3) is 0.364. The Balaban J connectivity index is 1.33. The van der Waals surface area contributed by atoms with Crippen LogP contribution in [0.25, 0.3) is 0 Å². The number of rotatable bonds is 5. The van der Waals surface area contributed by atoms with Gasteiger partial charge in [-0.15, -0.1) is 4.40 Å². The first-order valence-corrected chi connectivity index (χ1v) is 11.4. The summed E-state index contributed by atoms with van der Waals surface area (Å²) in [7, 11) is -3.67. The maximum atomic E-state index is 12.5. The Labute approximate surface area is 176 Å². The Bertz CT molecular complexity index is 1060. The third-order valence-corrected chi connectivity index (χ3v) is 6.61. The fourth-order valence-corrected chi connectivity index (χ4v) is 4.96. The van der Waals surface area contributed by atoms with E-state index in [-0.39, 0.29) is 30.0 Å². The highest BCUT2D eigenvalue weighted by atomic mass is 32.2. The van der Waals surface area contributed by atoms with Crippen LogP contribution in [-0.4, -0.2) is 51.4 Å². The summed E-state index contributed by atoms with van der Waals surface area (Å²) >= 11 is 0. The molecule has 0 saturated carbocycles. The Morgan fingerprint density at radius 1 is 1.13 bits per heavy atom. The SMILES string of the molecule is Cc1ccc(OCCOC(=O)C2CCCN(C3=NS(=O)(=O)c4ccccc43)C2)cc1. The van der Waals surface area contributed by atoms with E-state index >= 15 is 0 Å². The summed E-state index contributed by atoms with van der Waals surface area (Å²) in [4.78, 5) is 14.6. The van der Waals surface area contributed by atoms with Crippen molar-refractivity contribution in [1.29, 1.82) is 0 Å². The molecular formula is C22H24N2O5S. The zero-order chi connectivity index (χ0) is 21.1. The number of fused-ring (bicyclic) bond motifs is 1. The number of amidine groups is 1. The van der Waals surface area contributed by atoms with Gasteiger partial charge in [0, 0.05) is 18.7 Å². The average Bonchev–Trinajstić information content (AvgIpc) is 3.04. The van der Waals surface area contributed by atoms with Crippen LogP contribution in [-0.2, 0) is 19.6 Å². The number of nitrogens with zero attached hydrogens (tertiary/aromatic N) is 2. The molecule has 0 bridgehead atoms. The Morgan fingerprint density at radius 2 is 1.90 bits per heavy atom. The minimum absolute atomic E-state index is 0.168. The van der Waals surface area contributed by atoms with Crippen LogP contribution in [0.5, 0.6) is 5.75 Å². The van der Waals surface area contributed by atoms with Gasteiger partial charge in [0.15, 0.2) is 5.84 Å². The molecule has 0 radical (unpaired) electrons. The largest absolute Gasteiger partial charge is 0.490 e. The number of esters is 1. The molecule has 0 aromatic heterocycles. The van der Waals surface area contributed by atoms with Crippen molar-refractivity contribution < 1.29 is 22.7 Å². The molecule has 0 N–H and O–H groups in total. The molecule has 1 atom stereocenters. The van der Waals surface area contributed by atoms with Crippen LogP contribution in [0.3, 0.4) is 0 Å². The lowest BCUT2D eigenvalue weighted by atomic mass is 9.97.